The van der Waals surface area contributed by atoms with Gasteiger partial charge < -0.3 is 14.6 Å². The van der Waals surface area contributed by atoms with Gasteiger partial charge in [0.25, 0.3) is 0 Å². The van der Waals surface area contributed by atoms with Gasteiger partial charge in [0.2, 0.25) is 5.82 Å². The smallest absolute Gasteiger partial charge is 0.399 e. The molecule has 7 nitrogen and oxygen atoms in total. The fourth-order valence-electron chi connectivity index (χ4n) is 2.33. The van der Waals surface area contributed by atoms with Crippen LogP contribution in [0.5, 0.6) is 0 Å². The third-order valence-electron chi connectivity index (χ3n) is 4.38. The molecule has 0 spiro atoms. The zero-order valence-electron chi connectivity index (χ0n) is 13.9. The van der Waals surface area contributed by atoms with Crippen molar-refractivity contribution in [1.29, 1.82) is 0 Å². The number of hydrogen-bond acceptors (Lipinski definition) is 6. The van der Waals surface area contributed by atoms with E-state index >= 15 is 0 Å². The van der Waals surface area contributed by atoms with Gasteiger partial charge in [-0.05, 0) is 41.5 Å². The highest BCUT2D eigenvalue weighted by Crippen LogP contribution is 2.37. The normalized spacial score (nSPS) is 19.3. The van der Waals surface area contributed by atoms with E-state index in [9.17, 15) is 10.1 Å². The zero-order valence-corrected chi connectivity index (χ0v) is 13.9. The summed E-state index contributed by atoms with van der Waals surface area (Å²) in [6.45, 7) is 11.9. The largest absolute Gasteiger partial charge is 0.496 e. The Kier molecular flexibility index (Phi) is 4.19. The highest BCUT2D eigenvalue weighted by Gasteiger charge is 2.52. The molecule has 1 saturated heterocycles. The lowest BCUT2D eigenvalue weighted by Crippen LogP contribution is -2.41. The number of pyridine rings is 1. The van der Waals surface area contributed by atoms with Crippen LogP contribution in [0.3, 0.4) is 0 Å². The third kappa shape index (κ3) is 2.68. The van der Waals surface area contributed by atoms with Crippen LogP contribution in [0.15, 0.2) is 6.20 Å². The van der Waals surface area contributed by atoms with Crippen molar-refractivity contribution in [3.63, 3.8) is 0 Å². The zero-order chi connectivity index (χ0) is 16.7. The Bertz CT molecular complexity index is 588. The average molecular weight is 307 g/mol. The van der Waals surface area contributed by atoms with Gasteiger partial charge in [0.05, 0.1) is 16.1 Å². The van der Waals surface area contributed by atoms with E-state index < -0.39 is 23.2 Å². The van der Waals surface area contributed by atoms with Crippen LogP contribution in [0.1, 0.15) is 40.2 Å². The number of nitrogens with zero attached hydrogens (tertiary/aromatic N) is 2. The van der Waals surface area contributed by atoms with Crippen LogP contribution in [0.2, 0.25) is 0 Å². The van der Waals surface area contributed by atoms with E-state index in [1.807, 2.05) is 34.6 Å². The molecule has 1 aliphatic heterocycles. The maximum Gasteiger partial charge on any atom is 0.496 e. The van der Waals surface area contributed by atoms with E-state index in [0.717, 1.165) is 0 Å². The Labute approximate surface area is 130 Å². The Morgan fingerprint density at radius 1 is 1.32 bits per heavy atom. The van der Waals surface area contributed by atoms with Gasteiger partial charge >= 0.3 is 12.8 Å². The average Bonchev–Trinajstić information content (AvgIpc) is 2.58. The number of rotatable bonds is 4. The molecule has 1 aliphatic rings. The van der Waals surface area contributed by atoms with Crippen molar-refractivity contribution in [1.82, 2.24) is 4.98 Å². The monoisotopic (exact) mass is 307 g/mol. The molecule has 8 heteroatoms. The van der Waals surface area contributed by atoms with Crippen LogP contribution in [0.4, 0.5) is 11.5 Å². The molecule has 0 radical (unpaired) electrons. The third-order valence-corrected chi connectivity index (χ3v) is 4.38. The first-order valence-corrected chi connectivity index (χ1v) is 7.34. The highest BCUT2D eigenvalue weighted by atomic mass is 16.7. The summed E-state index contributed by atoms with van der Waals surface area (Å²) in [6.07, 6.45) is 1.59. The van der Waals surface area contributed by atoms with Crippen molar-refractivity contribution in [2.75, 3.05) is 11.9 Å². The Balaban J connectivity index is 2.46. The van der Waals surface area contributed by atoms with Gasteiger partial charge in [0, 0.05) is 23.8 Å². The predicted octanol–water partition coefficient (Wildman–Crippen LogP) is 2.03. The highest BCUT2D eigenvalue weighted by molar-refractivity contribution is 6.62. The van der Waals surface area contributed by atoms with Crippen LogP contribution in [-0.4, -0.2) is 34.8 Å². The summed E-state index contributed by atoms with van der Waals surface area (Å²) in [4.78, 5) is 15.1. The summed E-state index contributed by atoms with van der Waals surface area (Å²) in [6, 6.07) is 0. The topological polar surface area (TPSA) is 86.5 Å². The first kappa shape index (κ1) is 16.7. The first-order chi connectivity index (χ1) is 10.1. The Hall–Kier alpha value is -1.67. The fraction of sp³-hybridized carbons (Fsp3) is 0.643. The first-order valence-electron chi connectivity index (χ1n) is 7.34. The van der Waals surface area contributed by atoms with Gasteiger partial charge in [-0.2, -0.15) is 0 Å². The number of nitrogens with one attached hydrogen (secondary N) is 1. The minimum atomic E-state index is -0.660. The van der Waals surface area contributed by atoms with E-state index in [1.54, 1.807) is 13.1 Å². The quantitative estimate of drug-likeness (QED) is 0.520. The van der Waals surface area contributed by atoms with Crippen molar-refractivity contribution >= 4 is 24.1 Å². The second kappa shape index (κ2) is 5.51. The summed E-state index contributed by atoms with van der Waals surface area (Å²) >= 11 is 0. The summed E-state index contributed by atoms with van der Waals surface area (Å²) in [5, 5.41) is 14.3. The molecule has 1 aromatic heterocycles. The number of hydrogen-bond donors (Lipinski definition) is 1. The molecule has 2 rings (SSSR count). The summed E-state index contributed by atoms with van der Waals surface area (Å²) in [5.41, 5.74) is 0.0638. The molecule has 1 aromatic rings. The Morgan fingerprint density at radius 3 is 2.32 bits per heavy atom. The van der Waals surface area contributed by atoms with Gasteiger partial charge in [-0.25, -0.2) is 4.98 Å². The van der Waals surface area contributed by atoms with Crippen LogP contribution >= 0.6 is 0 Å². The molecule has 1 fully saturated rings. The van der Waals surface area contributed by atoms with Crippen LogP contribution in [-0.2, 0) is 9.31 Å². The molecular formula is C14H22BN3O4. The summed E-state index contributed by atoms with van der Waals surface area (Å²) < 4.78 is 11.9. The molecule has 22 heavy (non-hydrogen) atoms. The summed E-state index contributed by atoms with van der Waals surface area (Å²) in [5.74, 6) is 0.269. The minimum Gasteiger partial charge on any atom is -0.399 e. The van der Waals surface area contributed by atoms with Crippen molar-refractivity contribution in [2.24, 2.45) is 0 Å². The predicted molar refractivity (Wildman–Crippen MR) is 85.5 cm³/mol. The summed E-state index contributed by atoms with van der Waals surface area (Å²) in [7, 11) is -0.660. The molecular weight excluding hydrogens is 285 g/mol. The molecule has 0 saturated carbocycles. The van der Waals surface area contributed by atoms with E-state index in [4.69, 9.17) is 9.31 Å². The second-order valence-corrected chi connectivity index (χ2v) is 6.41. The SMILES string of the molecule is CCNc1ncc(B2OC(C)(C)C(C)(C)O2)c(C)c1[N+](=O)[O-]. The molecule has 0 aromatic carbocycles. The van der Waals surface area contributed by atoms with Gasteiger partial charge in [-0.1, -0.05) is 0 Å². The van der Waals surface area contributed by atoms with Gasteiger partial charge in [-0.15, -0.1) is 0 Å². The van der Waals surface area contributed by atoms with E-state index in [-0.39, 0.29) is 11.5 Å². The number of aromatic nitrogens is 1. The standard InChI is InChI=1S/C14H22BN3O4/c1-7-16-12-11(18(19)20)9(2)10(8-17-12)15-21-13(3,4)14(5,6)22-15/h8H,7H2,1-6H3,(H,16,17). The molecule has 120 valence electrons. The van der Waals surface area contributed by atoms with Crippen LogP contribution in [0.25, 0.3) is 0 Å². The molecule has 0 aliphatic carbocycles. The van der Waals surface area contributed by atoms with E-state index in [2.05, 4.69) is 10.3 Å². The lowest BCUT2D eigenvalue weighted by Gasteiger charge is -2.32. The lowest BCUT2D eigenvalue weighted by molar-refractivity contribution is -0.384. The van der Waals surface area contributed by atoms with Crippen LogP contribution in [0, 0.1) is 17.0 Å². The lowest BCUT2D eigenvalue weighted by atomic mass is 9.77. The molecule has 0 unspecified atom stereocenters. The minimum absolute atomic E-state index is 0.0333. The molecule has 1 N–H and O–H groups in total. The maximum absolute atomic E-state index is 11.4. The van der Waals surface area contributed by atoms with Crippen LogP contribution < -0.4 is 10.8 Å². The molecule has 0 amide bonds. The van der Waals surface area contributed by atoms with Crippen molar-refractivity contribution < 1.29 is 14.2 Å². The molecule has 2 heterocycles. The number of nitro groups is 1. The van der Waals surface area contributed by atoms with Gasteiger partial charge in [-0.3, -0.25) is 10.1 Å². The van der Waals surface area contributed by atoms with Crippen molar-refractivity contribution in [3.8, 4) is 0 Å². The molecule has 0 bridgehead atoms. The van der Waals surface area contributed by atoms with Crippen molar-refractivity contribution in [3.05, 3.63) is 21.9 Å². The number of anilines is 1. The Morgan fingerprint density at radius 2 is 1.86 bits per heavy atom. The fourth-order valence-corrected chi connectivity index (χ4v) is 2.33. The van der Waals surface area contributed by atoms with E-state index in [0.29, 0.717) is 17.6 Å². The van der Waals surface area contributed by atoms with E-state index in [1.165, 1.54) is 0 Å². The van der Waals surface area contributed by atoms with Gasteiger partial charge in [0.15, 0.2) is 0 Å². The van der Waals surface area contributed by atoms with Crippen molar-refractivity contribution in [2.45, 2.75) is 52.7 Å². The molecule has 0 atom stereocenters. The van der Waals surface area contributed by atoms with Gasteiger partial charge in [0.1, 0.15) is 0 Å². The second-order valence-electron chi connectivity index (χ2n) is 6.41. The maximum atomic E-state index is 11.4.